The molecule has 3 heteroatoms. The molecule has 0 saturated carbocycles. The van der Waals surface area contributed by atoms with Crippen LogP contribution in [0.25, 0.3) is 0 Å². The minimum atomic E-state index is -0.314. The highest BCUT2D eigenvalue weighted by Gasteiger charge is 2.23. The topological polar surface area (TPSA) is 29.5 Å². The van der Waals surface area contributed by atoms with Gasteiger partial charge < -0.3 is 4.74 Å². The molecule has 0 aromatic heterocycles. The van der Waals surface area contributed by atoms with Crippen LogP contribution < -0.4 is 0 Å². The molecule has 0 spiro atoms. The van der Waals surface area contributed by atoms with E-state index in [0.717, 1.165) is 5.56 Å². The quantitative estimate of drug-likeness (QED) is 0.706. The lowest BCUT2D eigenvalue weighted by Gasteiger charge is -2.22. The molecule has 0 bridgehead atoms. The molecule has 15 heavy (non-hydrogen) atoms. The molecular formula is C12H17NO2. The first-order chi connectivity index (χ1) is 7.16. The molecule has 0 aliphatic carbocycles. The molecule has 0 amide bonds. The fourth-order valence-electron chi connectivity index (χ4n) is 1.50. The molecule has 82 valence electrons. The number of esters is 1. The summed E-state index contributed by atoms with van der Waals surface area (Å²) in [6.45, 7) is 2.23. The predicted molar refractivity (Wildman–Crippen MR) is 59.5 cm³/mol. The van der Waals surface area contributed by atoms with Gasteiger partial charge in [0.05, 0.1) is 6.61 Å². The van der Waals surface area contributed by atoms with E-state index in [-0.39, 0.29) is 12.0 Å². The van der Waals surface area contributed by atoms with E-state index in [1.807, 2.05) is 56.3 Å². The molecule has 1 rings (SSSR count). The second kappa shape index (κ2) is 5.51. The largest absolute Gasteiger partial charge is 0.465 e. The number of carbonyl (C=O) groups is 1. The van der Waals surface area contributed by atoms with Crippen molar-refractivity contribution in [1.82, 2.24) is 4.90 Å². The molecule has 0 radical (unpaired) electrons. The van der Waals surface area contributed by atoms with Crippen LogP contribution in [-0.2, 0) is 9.53 Å². The van der Waals surface area contributed by atoms with Crippen LogP contribution in [0.3, 0.4) is 0 Å². The third kappa shape index (κ3) is 3.06. The van der Waals surface area contributed by atoms with Gasteiger partial charge in [-0.05, 0) is 26.6 Å². The van der Waals surface area contributed by atoms with Gasteiger partial charge in [-0.3, -0.25) is 4.90 Å². The highest BCUT2D eigenvalue weighted by Crippen LogP contribution is 2.19. The van der Waals surface area contributed by atoms with Gasteiger partial charge in [0.1, 0.15) is 6.04 Å². The molecule has 1 aromatic carbocycles. The minimum absolute atomic E-state index is 0.200. The Morgan fingerprint density at radius 1 is 1.33 bits per heavy atom. The van der Waals surface area contributed by atoms with Crippen LogP contribution in [0.4, 0.5) is 0 Å². The van der Waals surface area contributed by atoms with Gasteiger partial charge in [0.15, 0.2) is 0 Å². The minimum Gasteiger partial charge on any atom is -0.465 e. The van der Waals surface area contributed by atoms with Crippen molar-refractivity contribution in [2.75, 3.05) is 20.7 Å². The Morgan fingerprint density at radius 3 is 2.40 bits per heavy atom. The van der Waals surface area contributed by atoms with Gasteiger partial charge in [-0.15, -0.1) is 0 Å². The second-order valence-electron chi connectivity index (χ2n) is 3.53. The average Bonchev–Trinajstić information content (AvgIpc) is 2.19. The third-order valence-electron chi connectivity index (χ3n) is 2.14. The van der Waals surface area contributed by atoms with Crippen LogP contribution in [0.1, 0.15) is 18.5 Å². The number of hydrogen-bond acceptors (Lipinski definition) is 3. The van der Waals surface area contributed by atoms with Crippen LogP contribution in [-0.4, -0.2) is 31.6 Å². The van der Waals surface area contributed by atoms with Crippen molar-refractivity contribution in [3.05, 3.63) is 35.9 Å². The molecule has 0 aliphatic rings. The fraction of sp³-hybridized carbons (Fsp3) is 0.417. The highest BCUT2D eigenvalue weighted by molar-refractivity contribution is 5.77. The van der Waals surface area contributed by atoms with Crippen LogP contribution in [0.2, 0.25) is 0 Å². The monoisotopic (exact) mass is 207 g/mol. The Hall–Kier alpha value is -1.35. The number of hydrogen-bond donors (Lipinski definition) is 0. The Bertz CT molecular complexity index is 309. The van der Waals surface area contributed by atoms with Crippen molar-refractivity contribution in [2.45, 2.75) is 13.0 Å². The SMILES string of the molecule is CCOC(=O)[C@H](c1ccccc1)N(C)C. The molecule has 0 heterocycles. The fourth-order valence-corrected chi connectivity index (χ4v) is 1.50. The Kier molecular flexibility index (Phi) is 4.31. The van der Waals surface area contributed by atoms with E-state index in [1.54, 1.807) is 0 Å². The lowest BCUT2D eigenvalue weighted by atomic mass is 10.1. The van der Waals surface area contributed by atoms with E-state index in [1.165, 1.54) is 0 Å². The van der Waals surface area contributed by atoms with Gasteiger partial charge in [0, 0.05) is 0 Å². The van der Waals surface area contributed by atoms with Crippen molar-refractivity contribution < 1.29 is 9.53 Å². The molecule has 0 saturated heterocycles. The Balaban J connectivity index is 2.88. The third-order valence-corrected chi connectivity index (χ3v) is 2.14. The zero-order valence-electron chi connectivity index (χ0n) is 9.43. The Morgan fingerprint density at radius 2 is 1.93 bits per heavy atom. The molecule has 0 fully saturated rings. The lowest BCUT2D eigenvalue weighted by molar-refractivity contribution is -0.148. The highest BCUT2D eigenvalue weighted by atomic mass is 16.5. The van der Waals surface area contributed by atoms with Gasteiger partial charge in [-0.25, -0.2) is 4.79 Å². The van der Waals surface area contributed by atoms with Crippen LogP contribution in [0.5, 0.6) is 0 Å². The van der Waals surface area contributed by atoms with E-state index < -0.39 is 0 Å². The maximum atomic E-state index is 11.7. The standard InChI is InChI=1S/C12H17NO2/c1-4-15-12(14)11(13(2)3)10-8-6-5-7-9-10/h5-9,11H,4H2,1-3H3/t11-/m0/s1. The number of nitrogens with zero attached hydrogens (tertiary/aromatic N) is 1. The summed E-state index contributed by atoms with van der Waals surface area (Å²) in [7, 11) is 3.74. The lowest BCUT2D eigenvalue weighted by Crippen LogP contribution is -2.29. The molecular weight excluding hydrogens is 190 g/mol. The molecule has 0 unspecified atom stereocenters. The maximum absolute atomic E-state index is 11.7. The first-order valence-electron chi connectivity index (χ1n) is 5.04. The molecule has 0 aliphatic heterocycles. The summed E-state index contributed by atoms with van der Waals surface area (Å²) in [5.41, 5.74) is 0.959. The van der Waals surface area contributed by atoms with E-state index in [2.05, 4.69) is 0 Å². The van der Waals surface area contributed by atoms with Crippen molar-refractivity contribution >= 4 is 5.97 Å². The summed E-state index contributed by atoms with van der Waals surface area (Å²) in [5.74, 6) is -0.200. The van der Waals surface area contributed by atoms with Gasteiger partial charge >= 0.3 is 5.97 Å². The van der Waals surface area contributed by atoms with Crippen molar-refractivity contribution in [2.24, 2.45) is 0 Å². The van der Waals surface area contributed by atoms with Gasteiger partial charge in [-0.1, -0.05) is 30.3 Å². The van der Waals surface area contributed by atoms with Crippen LogP contribution in [0.15, 0.2) is 30.3 Å². The van der Waals surface area contributed by atoms with Gasteiger partial charge in [0.2, 0.25) is 0 Å². The number of benzene rings is 1. The van der Waals surface area contributed by atoms with Crippen LogP contribution >= 0.6 is 0 Å². The summed E-state index contributed by atoms with van der Waals surface area (Å²) < 4.78 is 5.04. The van der Waals surface area contributed by atoms with Crippen molar-refractivity contribution in [1.29, 1.82) is 0 Å². The second-order valence-corrected chi connectivity index (χ2v) is 3.53. The van der Waals surface area contributed by atoms with Gasteiger partial charge in [0.25, 0.3) is 0 Å². The number of rotatable bonds is 4. The zero-order chi connectivity index (χ0) is 11.3. The molecule has 0 N–H and O–H groups in total. The normalized spacial score (nSPS) is 12.5. The molecule has 3 nitrogen and oxygen atoms in total. The summed E-state index contributed by atoms with van der Waals surface area (Å²) in [5, 5.41) is 0. The van der Waals surface area contributed by atoms with Crippen LogP contribution in [0, 0.1) is 0 Å². The van der Waals surface area contributed by atoms with E-state index >= 15 is 0 Å². The summed E-state index contributed by atoms with van der Waals surface area (Å²) in [6.07, 6.45) is 0. The van der Waals surface area contributed by atoms with Crippen molar-refractivity contribution in [3.63, 3.8) is 0 Å². The smallest absolute Gasteiger partial charge is 0.327 e. The zero-order valence-corrected chi connectivity index (χ0v) is 9.43. The summed E-state index contributed by atoms with van der Waals surface area (Å²) >= 11 is 0. The molecule has 1 atom stereocenters. The first kappa shape index (κ1) is 11.7. The molecule has 1 aromatic rings. The summed E-state index contributed by atoms with van der Waals surface area (Å²) in [6, 6.07) is 9.33. The van der Waals surface area contributed by atoms with E-state index in [4.69, 9.17) is 4.74 Å². The van der Waals surface area contributed by atoms with Gasteiger partial charge in [-0.2, -0.15) is 0 Å². The van der Waals surface area contributed by atoms with E-state index in [0.29, 0.717) is 6.61 Å². The number of ether oxygens (including phenoxy) is 1. The average molecular weight is 207 g/mol. The Labute approximate surface area is 90.7 Å². The van der Waals surface area contributed by atoms with Crippen molar-refractivity contribution in [3.8, 4) is 0 Å². The number of likely N-dealkylation sites (N-methyl/N-ethyl adjacent to an activating group) is 1. The summed E-state index contributed by atoms with van der Waals surface area (Å²) in [4.78, 5) is 13.6. The predicted octanol–water partition coefficient (Wildman–Crippen LogP) is 1.85. The first-order valence-corrected chi connectivity index (χ1v) is 5.04. The van der Waals surface area contributed by atoms with E-state index in [9.17, 15) is 4.79 Å². The number of carbonyl (C=O) groups excluding carboxylic acids is 1. The maximum Gasteiger partial charge on any atom is 0.327 e.